The van der Waals surface area contributed by atoms with Gasteiger partial charge in [-0.2, -0.15) is 0 Å². The quantitative estimate of drug-likeness (QED) is 0.729. The van der Waals surface area contributed by atoms with Gasteiger partial charge in [0.15, 0.2) is 0 Å². The molecule has 0 amide bonds. The van der Waals surface area contributed by atoms with Crippen molar-refractivity contribution in [3.05, 3.63) is 36.0 Å². The number of nitrogens with one attached hydrogen (secondary N) is 1. The van der Waals surface area contributed by atoms with Crippen LogP contribution < -0.4 is 10.2 Å². The van der Waals surface area contributed by atoms with Crippen LogP contribution in [0.25, 0.3) is 0 Å². The molecule has 19 heavy (non-hydrogen) atoms. The van der Waals surface area contributed by atoms with E-state index in [4.69, 9.17) is 0 Å². The Hall–Kier alpha value is -1.35. The minimum absolute atomic E-state index is 0.676. The Morgan fingerprint density at radius 2 is 2.16 bits per heavy atom. The van der Waals surface area contributed by atoms with E-state index in [9.17, 15) is 0 Å². The number of aryl methyl sites for hydroxylation is 1. The van der Waals surface area contributed by atoms with Gasteiger partial charge in [0.25, 0.3) is 0 Å². The molecule has 3 nitrogen and oxygen atoms in total. The summed E-state index contributed by atoms with van der Waals surface area (Å²) in [7, 11) is 2.05. The predicted octanol–water partition coefficient (Wildman–Crippen LogP) is 3.01. The van der Waals surface area contributed by atoms with E-state index in [2.05, 4.69) is 61.7 Å². The molecule has 0 unspecified atom stereocenters. The maximum Gasteiger partial charge on any atom is 0.129 e. The van der Waals surface area contributed by atoms with Gasteiger partial charge in [-0.05, 0) is 36.6 Å². The summed E-state index contributed by atoms with van der Waals surface area (Å²) in [5.41, 5.74) is 2.45. The highest BCUT2D eigenvalue weighted by Gasteiger charge is 2.05. The van der Waals surface area contributed by atoms with Crippen LogP contribution in [0.3, 0.4) is 0 Å². The standard InChI is InChI=1S/C16H27N3/c1-6-8-19(5)16-10-14(9-15(7-2)18-16)12-17-11-13(3)4/h6,9-10,13,17H,1,7-8,11-12H2,2-5H3. The molecule has 1 aromatic heterocycles. The highest BCUT2D eigenvalue weighted by Crippen LogP contribution is 2.14. The van der Waals surface area contributed by atoms with Crippen molar-refractivity contribution in [2.75, 3.05) is 25.0 Å². The van der Waals surface area contributed by atoms with E-state index >= 15 is 0 Å². The molecule has 0 saturated heterocycles. The van der Waals surface area contributed by atoms with E-state index in [1.165, 1.54) is 5.56 Å². The minimum Gasteiger partial charge on any atom is -0.356 e. The molecule has 0 fully saturated rings. The number of nitrogens with zero attached hydrogens (tertiary/aromatic N) is 2. The molecule has 0 atom stereocenters. The fraction of sp³-hybridized carbons (Fsp3) is 0.562. The Morgan fingerprint density at radius 1 is 1.42 bits per heavy atom. The molecule has 0 radical (unpaired) electrons. The summed E-state index contributed by atoms with van der Waals surface area (Å²) in [6, 6.07) is 4.36. The summed E-state index contributed by atoms with van der Waals surface area (Å²) in [5, 5.41) is 3.48. The fourth-order valence-corrected chi connectivity index (χ4v) is 1.90. The van der Waals surface area contributed by atoms with Crippen molar-refractivity contribution in [3.8, 4) is 0 Å². The van der Waals surface area contributed by atoms with E-state index in [0.717, 1.165) is 37.6 Å². The number of aromatic nitrogens is 1. The van der Waals surface area contributed by atoms with Gasteiger partial charge in [-0.3, -0.25) is 0 Å². The molecule has 3 heteroatoms. The number of hydrogen-bond donors (Lipinski definition) is 1. The van der Waals surface area contributed by atoms with E-state index in [0.29, 0.717) is 5.92 Å². The van der Waals surface area contributed by atoms with Gasteiger partial charge in [-0.25, -0.2) is 4.98 Å². The van der Waals surface area contributed by atoms with Crippen molar-refractivity contribution in [2.45, 2.75) is 33.7 Å². The molecule has 0 saturated carbocycles. The Morgan fingerprint density at radius 3 is 2.74 bits per heavy atom. The molecule has 0 aliphatic heterocycles. The summed E-state index contributed by atoms with van der Waals surface area (Å²) in [4.78, 5) is 6.79. The smallest absolute Gasteiger partial charge is 0.129 e. The molecule has 0 bridgehead atoms. The first-order chi connectivity index (χ1) is 9.06. The van der Waals surface area contributed by atoms with Crippen LogP contribution in [0.5, 0.6) is 0 Å². The van der Waals surface area contributed by atoms with E-state index < -0.39 is 0 Å². The summed E-state index contributed by atoms with van der Waals surface area (Å²) >= 11 is 0. The van der Waals surface area contributed by atoms with Crippen molar-refractivity contribution in [3.63, 3.8) is 0 Å². The molecule has 1 heterocycles. The van der Waals surface area contributed by atoms with Gasteiger partial charge in [-0.15, -0.1) is 6.58 Å². The van der Waals surface area contributed by atoms with E-state index in [1.54, 1.807) is 0 Å². The largest absolute Gasteiger partial charge is 0.356 e. The van der Waals surface area contributed by atoms with Crippen LogP contribution in [-0.4, -0.2) is 25.1 Å². The van der Waals surface area contributed by atoms with Crippen LogP contribution in [0.1, 0.15) is 32.0 Å². The zero-order chi connectivity index (χ0) is 14.3. The summed E-state index contributed by atoms with van der Waals surface area (Å²) < 4.78 is 0. The number of hydrogen-bond acceptors (Lipinski definition) is 3. The molecular weight excluding hydrogens is 234 g/mol. The minimum atomic E-state index is 0.676. The number of anilines is 1. The first-order valence-electron chi connectivity index (χ1n) is 7.09. The van der Waals surface area contributed by atoms with Gasteiger partial charge < -0.3 is 10.2 Å². The van der Waals surface area contributed by atoms with Crippen molar-refractivity contribution < 1.29 is 0 Å². The van der Waals surface area contributed by atoms with Crippen LogP contribution in [0, 0.1) is 5.92 Å². The SMILES string of the molecule is C=CCN(C)c1cc(CNCC(C)C)cc(CC)n1. The number of rotatable bonds is 8. The van der Waals surface area contributed by atoms with Gasteiger partial charge in [0, 0.05) is 25.8 Å². The molecule has 1 N–H and O–H groups in total. The number of pyridine rings is 1. The van der Waals surface area contributed by atoms with Crippen molar-refractivity contribution in [1.29, 1.82) is 0 Å². The molecule has 106 valence electrons. The van der Waals surface area contributed by atoms with Gasteiger partial charge in [0.05, 0.1) is 0 Å². The predicted molar refractivity (Wildman–Crippen MR) is 83.6 cm³/mol. The lowest BCUT2D eigenvalue weighted by Gasteiger charge is -2.18. The van der Waals surface area contributed by atoms with Crippen LogP contribution in [-0.2, 0) is 13.0 Å². The molecule has 0 aromatic carbocycles. The molecule has 1 rings (SSSR count). The third kappa shape index (κ3) is 5.43. The second kappa shape index (κ2) is 7.95. The first kappa shape index (κ1) is 15.7. The topological polar surface area (TPSA) is 28.2 Å². The summed E-state index contributed by atoms with van der Waals surface area (Å²) in [6.45, 7) is 13.1. The molecule has 0 aliphatic carbocycles. The third-order valence-electron chi connectivity index (χ3n) is 2.96. The summed E-state index contributed by atoms with van der Waals surface area (Å²) in [6.07, 6.45) is 2.87. The lowest BCUT2D eigenvalue weighted by atomic mass is 10.1. The van der Waals surface area contributed by atoms with Crippen molar-refractivity contribution in [1.82, 2.24) is 10.3 Å². The van der Waals surface area contributed by atoms with Gasteiger partial charge in [0.1, 0.15) is 5.82 Å². The average molecular weight is 261 g/mol. The van der Waals surface area contributed by atoms with Gasteiger partial charge >= 0.3 is 0 Å². The average Bonchev–Trinajstić information content (AvgIpc) is 2.38. The van der Waals surface area contributed by atoms with Crippen LogP contribution in [0.4, 0.5) is 5.82 Å². The molecular formula is C16H27N3. The van der Waals surface area contributed by atoms with Crippen molar-refractivity contribution >= 4 is 5.82 Å². The maximum atomic E-state index is 4.66. The Labute approximate surface area is 117 Å². The Kier molecular flexibility index (Phi) is 6.57. The first-order valence-corrected chi connectivity index (χ1v) is 7.09. The molecule has 1 aromatic rings. The lowest BCUT2D eigenvalue weighted by Crippen LogP contribution is -2.21. The number of likely N-dealkylation sites (N-methyl/N-ethyl adjacent to an activating group) is 1. The van der Waals surface area contributed by atoms with Crippen LogP contribution >= 0.6 is 0 Å². The fourth-order valence-electron chi connectivity index (χ4n) is 1.90. The Balaban J connectivity index is 2.79. The summed E-state index contributed by atoms with van der Waals surface area (Å²) in [5.74, 6) is 1.70. The lowest BCUT2D eigenvalue weighted by molar-refractivity contribution is 0.552. The van der Waals surface area contributed by atoms with Crippen LogP contribution in [0.15, 0.2) is 24.8 Å². The van der Waals surface area contributed by atoms with E-state index in [1.807, 2.05) is 6.08 Å². The van der Waals surface area contributed by atoms with Crippen LogP contribution in [0.2, 0.25) is 0 Å². The highest BCUT2D eigenvalue weighted by atomic mass is 15.2. The van der Waals surface area contributed by atoms with Crippen molar-refractivity contribution in [2.24, 2.45) is 5.92 Å². The molecule has 0 aliphatic rings. The zero-order valence-corrected chi connectivity index (χ0v) is 12.7. The molecule has 0 spiro atoms. The second-order valence-electron chi connectivity index (χ2n) is 5.37. The third-order valence-corrected chi connectivity index (χ3v) is 2.96. The van der Waals surface area contributed by atoms with Gasteiger partial charge in [-0.1, -0.05) is 26.8 Å². The normalized spacial score (nSPS) is 10.8. The monoisotopic (exact) mass is 261 g/mol. The van der Waals surface area contributed by atoms with E-state index in [-0.39, 0.29) is 0 Å². The Bertz CT molecular complexity index is 399. The highest BCUT2D eigenvalue weighted by molar-refractivity contribution is 5.42. The second-order valence-corrected chi connectivity index (χ2v) is 5.37. The maximum absolute atomic E-state index is 4.66. The van der Waals surface area contributed by atoms with Gasteiger partial charge in [0.2, 0.25) is 0 Å². The zero-order valence-electron chi connectivity index (χ0n) is 12.7.